The minimum Gasteiger partial charge on any atom is -0.490 e. The van der Waals surface area contributed by atoms with Crippen molar-refractivity contribution in [3.8, 4) is 5.75 Å². The van der Waals surface area contributed by atoms with Gasteiger partial charge in [0.15, 0.2) is 0 Å². The van der Waals surface area contributed by atoms with E-state index in [1.165, 1.54) is 18.6 Å². The lowest BCUT2D eigenvalue weighted by Crippen LogP contribution is -2.48. The van der Waals surface area contributed by atoms with Crippen LogP contribution in [-0.2, 0) is 4.74 Å². The number of ether oxygens (including phenoxy) is 2. The molecule has 1 saturated heterocycles. The van der Waals surface area contributed by atoms with Gasteiger partial charge in [-0.05, 0) is 44.4 Å². The molecular weight excluding hydrogens is 259 g/mol. The largest absolute Gasteiger partial charge is 0.490 e. The summed E-state index contributed by atoms with van der Waals surface area (Å²) in [5.41, 5.74) is 0.535. The molecule has 2 fully saturated rings. The normalized spacial score (nSPS) is 26.1. The van der Waals surface area contributed by atoms with Gasteiger partial charge in [-0.2, -0.15) is 0 Å². The Morgan fingerprint density at radius 2 is 2.25 bits per heavy atom. The molecule has 4 heteroatoms. The van der Waals surface area contributed by atoms with Gasteiger partial charge in [0, 0.05) is 18.4 Å². The predicted octanol–water partition coefficient (Wildman–Crippen LogP) is 3.36. The highest BCUT2D eigenvalue weighted by Gasteiger charge is 2.43. The summed E-state index contributed by atoms with van der Waals surface area (Å²) < 4.78 is 25.2. The average molecular weight is 280 g/mol. The maximum Gasteiger partial charge on any atom is 0.125 e. The van der Waals surface area contributed by atoms with Gasteiger partial charge in [0.1, 0.15) is 17.7 Å². The van der Waals surface area contributed by atoms with Gasteiger partial charge >= 0.3 is 0 Å². The second kappa shape index (κ2) is 5.34. The standard InChI is InChI=1S/C16H21FO3/c1-11(18)14-9-12(17)3-4-15(14)20-13-5-8-19-16(10-13)6-2-7-16/h3-4,9,11,13,18H,2,5-8,10H2,1H3/t11-,13?/m1/s1. The van der Waals surface area contributed by atoms with E-state index in [1.807, 2.05) is 0 Å². The van der Waals surface area contributed by atoms with Crippen LogP contribution in [0.25, 0.3) is 0 Å². The zero-order valence-electron chi connectivity index (χ0n) is 11.8. The van der Waals surface area contributed by atoms with Crippen molar-refractivity contribution in [2.24, 2.45) is 0 Å². The van der Waals surface area contributed by atoms with E-state index in [4.69, 9.17) is 9.47 Å². The number of aliphatic hydroxyl groups excluding tert-OH is 1. The molecule has 0 radical (unpaired) electrons. The smallest absolute Gasteiger partial charge is 0.125 e. The van der Waals surface area contributed by atoms with Crippen molar-refractivity contribution in [2.45, 2.75) is 56.8 Å². The number of rotatable bonds is 3. The lowest BCUT2D eigenvalue weighted by atomic mass is 9.74. The van der Waals surface area contributed by atoms with E-state index in [9.17, 15) is 9.50 Å². The summed E-state index contributed by atoms with van der Waals surface area (Å²) in [5, 5.41) is 9.75. The fourth-order valence-corrected chi connectivity index (χ4v) is 3.14. The Morgan fingerprint density at radius 3 is 2.90 bits per heavy atom. The number of halogens is 1. The first-order valence-corrected chi connectivity index (χ1v) is 7.36. The Balaban J connectivity index is 1.74. The lowest BCUT2D eigenvalue weighted by Gasteiger charge is -2.47. The fourth-order valence-electron chi connectivity index (χ4n) is 3.14. The van der Waals surface area contributed by atoms with E-state index in [0.29, 0.717) is 11.3 Å². The van der Waals surface area contributed by atoms with Gasteiger partial charge in [0.2, 0.25) is 0 Å². The molecule has 20 heavy (non-hydrogen) atoms. The molecule has 1 heterocycles. The molecule has 1 aromatic rings. The van der Waals surface area contributed by atoms with Gasteiger partial charge in [0.05, 0.1) is 18.3 Å². The molecule has 1 aliphatic carbocycles. The Bertz CT molecular complexity index is 483. The van der Waals surface area contributed by atoms with Gasteiger partial charge in [-0.25, -0.2) is 4.39 Å². The highest BCUT2D eigenvalue weighted by molar-refractivity contribution is 5.35. The maximum atomic E-state index is 13.3. The zero-order chi connectivity index (χ0) is 14.2. The van der Waals surface area contributed by atoms with E-state index >= 15 is 0 Å². The molecular formula is C16H21FO3. The summed E-state index contributed by atoms with van der Waals surface area (Å²) in [4.78, 5) is 0. The molecule has 2 aliphatic rings. The number of hydrogen-bond donors (Lipinski definition) is 1. The minimum atomic E-state index is -0.738. The number of aliphatic hydroxyl groups is 1. The van der Waals surface area contributed by atoms with Crippen LogP contribution in [0.15, 0.2) is 18.2 Å². The summed E-state index contributed by atoms with van der Waals surface area (Å²) in [6.07, 6.45) is 4.54. The monoisotopic (exact) mass is 280 g/mol. The van der Waals surface area contributed by atoms with Crippen molar-refractivity contribution in [3.05, 3.63) is 29.6 Å². The second-order valence-electron chi connectivity index (χ2n) is 5.98. The maximum absolute atomic E-state index is 13.3. The minimum absolute atomic E-state index is 0.0218. The van der Waals surface area contributed by atoms with E-state index in [-0.39, 0.29) is 17.5 Å². The topological polar surface area (TPSA) is 38.7 Å². The van der Waals surface area contributed by atoms with E-state index in [2.05, 4.69) is 0 Å². The molecule has 1 aliphatic heterocycles. The van der Waals surface area contributed by atoms with Gasteiger partial charge in [0.25, 0.3) is 0 Å². The highest BCUT2D eigenvalue weighted by atomic mass is 19.1. The molecule has 0 bridgehead atoms. The summed E-state index contributed by atoms with van der Waals surface area (Å²) in [7, 11) is 0. The van der Waals surface area contributed by atoms with Crippen molar-refractivity contribution < 1.29 is 19.0 Å². The highest BCUT2D eigenvalue weighted by Crippen LogP contribution is 2.43. The van der Waals surface area contributed by atoms with Crippen LogP contribution in [-0.4, -0.2) is 23.4 Å². The predicted molar refractivity (Wildman–Crippen MR) is 73.2 cm³/mol. The van der Waals surface area contributed by atoms with Crippen molar-refractivity contribution >= 4 is 0 Å². The Labute approximate surface area is 118 Å². The zero-order valence-corrected chi connectivity index (χ0v) is 11.8. The summed E-state index contributed by atoms with van der Waals surface area (Å²) in [6.45, 7) is 2.34. The van der Waals surface area contributed by atoms with Crippen molar-refractivity contribution in [3.63, 3.8) is 0 Å². The molecule has 2 atom stereocenters. The van der Waals surface area contributed by atoms with E-state index < -0.39 is 6.10 Å². The van der Waals surface area contributed by atoms with Crippen molar-refractivity contribution in [1.29, 1.82) is 0 Å². The Kier molecular flexibility index (Phi) is 3.69. The molecule has 3 rings (SSSR count). The average Bonchev–Trinajstić information content (AvgIpc) is 2.39. The molecule has 1 aromatic carbocycles. The van der Waals surface area contributed by atoms with Crippen molar-refractivity contribution in [1.82, 2.24) is 0 Å². The third-order valence-electron chi connectivity index (χ3n) is 4.43. The molecule has 0 aromatic heterocycles. The molecule has 0 amide bonds. The summed E-state index contributed by atoms with van der Waals surface area (Å²) in [5.74, 6) is 0.235. The SMILES string of the molecule is C[C@@H](O)c1cc(F)ccc1OC1CCOC2(CCC2)C1. The first kappa shape index (κ1) is 13.8. The van der Waals surface area contributed by atoms with Gasteiger partial charge < -0.3 is 14.6 Å². The van der Waals surface area contributed by atoms with Gasteiger partial charge in [-0.1, -0.05) is 0 Å². The third-order valence-corrected chi connectivity index (χ3v) is 4.43. The van der Waals surface area contributed by atoms with Gasteiger partial charge in [-0.15, -0.1) is 0 Å². The number of hydrogen-bond acceptors (Lipinski definition) is 3. The molecule has 3 nitrogen and oxygen atoms in total. The van der Waals surface area contributed by atoms with Crippen LogP contribution in [0.5, 0.6) is 5.75 Å². The van der Waals surface area contributed by atoms with Gasteiger partial charge in [-0.3, -0.25) is 0 Å². The number of benzene rings is 1. The quantitative estimate of drug-likeness (QED) is 0.922. The lowest BCUT2D eigenvalue weighted by molar-refractivity contribution is -0.153. The van der Waals surface area contributed by atoms with Crippen LogP contribution in [0.4, 0.5) is 4.39 Å². The van der Waals surface area contributed by atoms with Crippen LogP contribution in [0.1, 0.15) is 50.7 Å². The van der Waals surface area contributed by atoms with E-state index in [0.717, 1.165) is 32.3 Å². The van der Waals surface area contributed by atoms with Crippen LogP contribution >= 0.6 is 0 Å². The van der Waals surface area contributed by atoms with Crippen LogP contribution in [0, 0.1) is 5.82 Å². The summed E-state index contributed by atoms with van der Waals surface area (Å²) >= 11 is 0. The summed E-state index contributed by atoms with van der Waals surface area (Å²) in [6, 6.07) is 4.33. The first-order valence-electron chi connectivity index (χ1n) is 7.36. The van der Waals surface area contributed by atoms with Crippen LogP contribution in [0.2, 0.25) is 0 Å². The fraction of sp³-hybridized carbons (Fsp3) is 0.625. The van der Waals surface area contributed by atoms with Crippen molar-refractivity contribution in [2.75, 3.05) is 6.61 Å². The molecule has 110 valence electrons. The van der Waals surface area contributed by atoms with Crippen LogP contribution in [0.3, 0.4) is 0 Å². The first-order chi connectivity index (χ1) is 9.58. The van der Waals surface area contributed by atoms with Crippen LogP contribution < -0.4 is 4.74 Å². The molecule has 1 spiro atoms. The Hall–Kier alpha value is -1.13. The molecule has 1 N–H and O–H groups in total. The molecule has 1 unspecified atom stereocenters. The Morgan fingerprint density at radius 1 is 1.45 bits per heavy atom. The third kappa shape index (κ3) is 2.67. The second-order valence-corrected chi connectivity index (χ2v) is 5.98. The molecule has 1 saturated carbocycles. The van der Waals surface area contributed by atoms with E-state index in [1.54, 1.807) is 13.0 Å².